The van der Waals surface area contributed by atoms with E-state index in [-0.39, 0.29) is 0 Å². The monoisotopic (exact) mass is 222 g/mol. The average molecular weight is 222 g/mol. The zero-order valence-corrected chi connectivity index (χ0v) is 11.2. The molecule has 0 aliphatic heterocycles. The summed E-state index contributed by atoms with van der Waals surface area (Å²) in [7, 11) is -1.15. The predicted octanol–water partition coefficient (Wildman–Crippen LogP) is 4.27. The molecule has 0 spiro atoms. The van der Waals surface area contributed by atoms with E-state index in [4.69, 9.17) is 0 Å². The molecule has 1 rings (SSSR count). The molecule has 0 saturated carbocycles. The molecule has 1 aromatic rings. The first kappa shape index (κ1) is 11.6. The fourth-order valence-corrected chi connectivity index (χ4v) is 4.59. The molecule has 0 heterocycles. The van der Waals surface area contributed by atoms with Gasteiger partial charge in [0.2, 0.25) is 0 Å². The molecule has 0 bridgehead atoms. The lowest BCUT2D eigenvalue weighted by Gasteiger charge is -2.18. The van der Waals surface area contributed by atoms with Crippen molar-refractivity contribution in [2.24, 2.45) is 0 Å². The fraction of sp³-hybridized carbons (Fsp3) is 0.333. The molecule has 0 aliphatic rings. The summed E-state index contributed by atoms with van der Waals surface area (Å²) in [4.78, 5) is 0. The molecule has 0 atom stereocenters. The van der Waals surface area contributed by atoms with Crippen molar-refractivity contribution in [2.75, 3.05) is 6.26 Å². The normalized spacial score (nSPS) is 13.0. The summed E-state index contributed by atoms with van der Waals surface area (Å²) >= 11 is 1.89. The number of hydrogen-bond donors (Lipinski definition) is 0. The summed E-state index contributed by atoms with van der Waals surface area (Å²) in [6.45, 7) is 7.16. The Hall–Kier alpha value is -0.473. The van der Waals surface area contributed by atoms with Gasteiger partial charge in [-0.2, -0.15) is 0 Å². The van der Waals surface area contributed by atoms with Crippen molar-refractivity contribution in [3.8, 4) is 0 Å². The quantitative estimate of drug-likeness (QED) is 0.688. The molecule has 0 nitrogen and oxygen atoms in total. The Balaban J connectivity index is 2.96. The number of benzene rings is 1. The molecule has 0 aromatic heterocycles. The molecule has 0 N–H and O–H groups in total. The Kier molecular flexibility index (Phi) is 4.02. The van der Waals surface area contributed by atoms with Crippen molar-refractivity contribution in [3.63, 3.8) is 0 Å². The van der Waals surface area contributed by atoms with Crippen LogP contribution in [0.5, 0.6) is 0 Å². The summed E-state index contributed by atoms with van der Waals surface area (Å²) in [5.74, 6) is 0. The number of thioether (sulfide) groups is 1. The minimum atomic E-state index is -1.15. The Bertz CT molecular complexity index is 309. The fourth-order valence-electron chi connectivity index (χ4n) is 1.28. The second-order valence-electron chi connectivity index (χ2n) is 4.37. The smallest absolute Gasteiger partial charge is 0.0857 e. The molecule has 0 amide bonds. The first-order valence-corrected chi connectivity index (χ1v) is 9.58. The van der Waals surface area contributed by atoms with E-state index in [0.29, 0.717) is 0 Å². The Labute approximate surface area is 92.4 Å². The first-order chi connectivity index (χ1) is 6.54. The largest absolute Gasteiger partial charge is 0.139 e. The van der Waals surface area contributed by atoms with Gasteiger partial charge in [-0.1, -0.05) is 50.0 Å². The van der Waals surface area contributed by atoms with Gasteiger partial charge >= 0.3 is 0 Å². The minimum absolute atomic E-state index is 1.15. The molecular formula is C12H18SSi. The maximum Gasteiger partial charge on any atom is 0.0857 e. The van der Waals surface area contributed by atoms with Gasteiger partial charge in [-0.05, 0) is 22.4 Å². The van der Waals surface area contributed by atoms with Gasteiger partial charge in [-0.3, -0.25) is 0 Å². The van der Waals surface area contributed by atoms with Crippen LogP contribution in [0.2, 0.25) is 19.6 Å². The first-order valence-electron chi connectivity index (χ1n) is 4.85. The van der Waals surface area contributed by atoms with Crippen LogP contribution in [0.25, 0.3) is 6.08 Å². The van der Waals surface area contributed by atoms with Gasteiger partial charge < -0.3 is 0 Å². The Morgan fingerprint density at radius 1 is 1.14 bits per heavy atom. The van der Waals surface area contributed by atoms with Crippen molar-refractivity contribution in [1.29, 1.82) is 0 Å². The van der Waals surface area contributed by atoms with Gasteiger partial charge in [0.15, 0.2) is 0 Å². The molecule has 2 heteroatoms. The second kappa shape index (κ2) is 4.85. The van der Waals surface area contributed by atoms with E-state index in [0.717, 1.165) is 0 Å². The van der Waals surface area contributed by atoms with Crippen LogP contribution in [0.15, 0.2) is 34.9 Å². The van der Waals surface area contributed by atoms with Gasteiger partial charge in [0.1, 0.15) is 0 Å². The van der Waals surface area contributed by atoms with Crippen LogP contribution < -0.4 is 0 Å². The maximum absolute atomic E-state index is 2.39. The highest BCUT2D eigenvalue weighted by Crippen LogP contribution is 2.26. The molecule has 0 unspecified atom stereocenters. The van der Waals surface area contributed by atoms with Crippen molar-refractivity contribution >= 4 is 25.9 Å². The third-order valence-corrected chi connectivity index (χ3v) is 6.69. The SMILES string of the molecule is CSC(=Cc1ccccc1)[Si](C)(C)C. The Morgan fingerprint density at radius 3 is 2.14 bits per heavy atom. The summed E-state index contributed by atoms with van der Waals surface area (Å²) in [6.07, 6.45) is 4.50. The molecule has 0 fully saturated rings. The summed E-state index contributed by atoms with van der Waals surface area (Å²) in [5.41, 5.74) is 1.32. The highest BCUT2D eigenvalue weighted by atomic mass is 32.2. The molecule has 0 aliphatic carbocycles. The van der Waals surface area contributed by atoms with Gasteiger partial charge in [-0.15, -0.1) is 11.8 Å². The van der Waals surface area contributed by atoms with Crippen molar-refractivity contribution in [2.45, 2.75) is 19.6 Å². The van der Waals surface area contributed by atoms with Crippen LogP contribution in [-0.2, 0) is 0 Å². The lowest BCUT2D eigenvalue weighted by molar-refractivity contribution is 1.65. The third-order valence-electron chi connectivity index (χ3n) is 2.06. The molecule has 1 aromatic carbocycles. The van der Waals surface area contributed by atoms with Crippen molar-refractivity contribution < 1.29 is 0 Å². The summed E-state index contributed by atoms with van der Waals surface area (Å²) in [6, 6.07) is 10.6. The second-order valence-corrected chi connectivity index (χ2v) is 10.6. The Morgan fingerprint density at radius 2 is 1.71 bits per heavy atom. The van der Waals surface area contributed by atoms with Crippen LogP contribution in [0.4, 0.5) is 0 Å². The minimum Gasteiger partial charge on any atom is -0.139 e. The zero-order valence-electron chi connectivity index (χ0n) is 9.37. The van der Waals surface area contributed by atoms with E-state index in [2.05, 4.69) is 62.3 Å². The van der Waals surface area contributed by atoms with Crippen LogP contribution >= 0.6 is 11.8 Å². The molecule has 0 radical (unpaired) electrons. The molecule has 14 heavy (non-hydrogen) atoms. The lowest BCUT2D eigenvalue weighted by atomic mass is 10.2. The summed E-state index contributed by atoms with van der Waals surface area (Å²) < 4.78 is 1.56. The van der Waals surface area contributed by atoms with Crippen LogP contribution in [0, 0.1) is 0 Å². The number of rotatable bonds is 3. The van der Waals surface area contributed by atoms with E-state index in [1.807, 2.05) is 11.8 Å². The van der Waals surface area contributed by atoms with Crippen molar-refractivity contribution in [3.05, 3.63) is 40.4 Å². The van der Waals surface area contributed by atoms with Crippen molar-refractivity contribution in [1.82, 2.24) is 0 Å². The lowest BCUT2D eigenvalue weighted by Crippen LogP contribution is -2.21. The molecule has 0 saturated heterocycles. The topological polar surface area (TPSA) is 0 Å². The summed E-state index contributed by atoms with van der Waals surface area (Å²) in [5, 5.41) is 0. The molecule has 76 valence electrons. The van der Waals surface area contributed by atoms with Gasteiger partial charge in [-0.25, -0.2) is 0 Å². The van der Waals surface area contributed by atoms with E-state index in [9.17, 15) is 0 Å². The van der Waals surface area contributed by atoms with E-state index in [1.54, 1.807) is 4.53 Å². The third kappa shape index (κ3) is 3.35. The standard InChI is InChI=1S/C12H18SSi/c1-13-12(14(2,3)4)10-11-8-6-5-7-9-11/h5-10H,1-4H3. The van der Waals surface area contributed by atoms with E-state index >= 15 is 0 Å². The highest BCUT2D eigenvalue weighted by molar-refractivity contribution is 8.04. The van der Waals surface area contributed by atoms with Gasteiger partial charge in [0, 0.05) is 0 Å². The van der Waals surface area contributed by atoms with Gasteiger partial charge in [0.05, 0.1) is 8.07 Å². The van der Waals surface area contributed by atoms with Crippen LogP contribution in [0.1, 0.15) is 5.56 Å². The number of hydrogen-bond acceptors (Lipinski definition) is 1. The van der Waals surface area contributed by atoms with E-state index in [1.165, 1.54) is 5.56 Å². The molecular weight excluding hydrogens is 204 g/mol. The van der Waals surface area contributed by atoms with Crippen LogP contribution in [0.3, 0.4) is 0 Å². The predicted molar refractivity (Wildman–Crippen MR) is 71.3 cm³/mol. The average Bonchev–Trinajstić information content (AvgIpc) is 2.14. The van der Waals surface area contributed by atoms with E-state index < -0.39 is 8.07 Å². The van der Waals surface area contributed by atoms with Crippen LogP contribution in [-0.4, -0.2) is 14.3 Å². The van der Waals surface area contributed by atoms with Gasteiger partial charge in [0.25, 0.3) is 0 Å². The zero-order chi connectivity index (χ0) is 10.6. The highest BCUT2D eigenvalue weighted by Gasteiger charge is 2.18. The maximum atomic E-state index is 2.39.